The Labute approximate surface area is 74.7 Å². The molecule has 0 unspecified atom stereocenters. The molecule has 1 aromatic heterocycles. The Kier molecular flexibility index (Phi) is 2.46. The molecule has 13 heavy (non-hydrogen) atoms. The van der Waals surface area contributed by atoms with E-state index in [0.717, 1.165) is 12.5 Å². The number of nitrogens with two attached hydrogens (primary N) is 1. The van der Waals surface area contributed by atoms with E-state index in [1.165, 1.54) is 0 Å². The summed E-state index contributed by atoms with van der Waals surface area (Å²) in [6.07, 6.45) is 2.01. The number of nitrogen functional groups attached to an aromatic ring is 1. The number of aromatic nitrogens is 2. The number of hydrogen-bond donors (Lipinski definition) is 1. The monoisotopic (exact) mass is 205 g/mol. The quantitative estimate of drug-likeness (QED) is 0.683. The molecule has 72 valence electrons. The van der Waals surface area contributed by atoms with Gasteiger partial charge in [0, 0.05) is 18.0 Å². The Hall–Kier alpha value is -1.24. The smallest absolute Gasteiger partial charge is 0.221 e. The summed E-state index contributed by atoms with van der Waals surface area (Å²) in [5.41, 5.74) is 5.10. The summed E-state index contributed by atoms with van der Waals surface area (Å²) in [4.78, 5) is 6.94. The van der Waals surface area contributed by atoms with Gasteiger partial charge in [0.2, 0.25) is 5.95 Å². The minimum atomic E-state index is -3.54. The highest BCUT2D eigenvalue weighted by atomic mass is 32.2. The van der Waals surface area contributed by atoms with Crippen LogP contribution in [0, 0.1) is 0 Å². The highest BCUT2D eigenvalue weighted by Gasteiger charge is 2.15. The number of nitrogens with zero attached hydrogens (tertiary/aromatic N) is 2. The van der Waals surface area contributed by atoms with Gasteiger partial charge in [-0.2, -0.15) is 0 Å². The minimum absolute atomic E-state index is 0.0725. The molecular weight excluding hydrogens is 197 g/mol. The van der Waals surface area contributed by atoms with Crippen molar-refractivity contribution in [1.82, 2.24) is 9.97 Å². The molecule has 0 atom stereocenters. The standard InChI is InChI=1S/C6H8FN3O2S/c1-13(11,12)5-4(2-7)3-9-6(8)10-5/h3H,2H2,1H3,(H2,8,9,10). The second-order valence-corrected chi connectivity index (χ2v) is 4.40. The first-order chi connectivity index (χ1) is 5.95. The van der Waals surface area contributed by atoms with Crippen LogP contribution in [0.25, 0.3) is 0 Å². The molecule has 0 aromatic carbocycles. The summed E-state index contributed by atoms with van der Waals surface area (Å²) < 4.78 is 34.4. The van der Waals surface area contributed by atoms with Crippen LogP contribution in [0.4, 0.5) is 10.3 Å². The Balaban J connectivity index is 3.41. The van der Waals surface area contributed by atoms with E-state index in [9.17, 15) is 12.8 Å². The number of halogens is 1. The van der Waals surface area contributed by atoms with Crippen LogP contribution in [-0.4, -0.2) is 24.6 Å². The average Bonchev–Trinajstić information content (AvgIpc) is 2.03. The molecule has 0 aliphatic carbocycles. The Morgan fingerprint density at radius 1 is 1.62 bits per heavy atom. The van der Waals surface area contributed by atoms with Gasteiger partial charge in [0.25, 0.3) is 0 Å². The first-order valence-corrected chi connectivity index (χ1v) is 5.21. The summed E-state index contributed by atoms with van der Waals surface area (Å²) in [6.45, 7) is -0.928. The third-order valence-corrected chi connectivity index (χ3v) is 2.39. The average molecular weight is 205 g/mol. The summed E-state index contributed by atoms with van der Waals surface area (Å²) in [5.74, 6) is -0.183. The van der Waals surface area contributed by atoms with Gasteiger partial charge in [0.1, 0.15) is 6.67 Å². The van der Waals surface area contributed by atoms with Crippen LogP contribution in [0.5, 0.6) is 0 Å². The van der Waals surface area contributed by atoms with E-state index in [2.05, 4.69) is 9.97 Å². The molecule has 0 amide bonds. The Morgan fingerprint density at radius 3 is 2.69 bits per heavy atom. The van der Waals surface area contributed by atoms with Gasteiger partial charge < -0.3 is 5.73 Å². The van der Waals surface area contributed by atoms with Crippen molar-refractivity contribution < 1.29 is 12.8 Å². The Bertz CT molecular complexity index is 418. The van der Waals surface area contributed by atoms with E-state index < -0.39 is 16.5 Å². The lowest BCUT2D eigenvalue weighted by molar-refractivity contribution is 0.473. The maximum absolute atomic E-state index is 12.3. The molecule has 0 aliphatic rings. The number of anilines is 1. The lowest BCUT2D eigenvalue weighted by Crippen LogP contribution is -2.08. The van der Waals surface area contributed by atoms with Crippen molar-refractivity contribution in [2.45, 2.75) is 11.7 Å². The second kappa shape index (κ2) is 3.25. The molecule has 0 spiro atoms. The van der Waals surface area contributed by atoms with Crippen molar-refractivity contribution >= 4 is 15.8 Å². The number of alkyl halides is 1. The van der Waals surface area contributed by atoms with E-state index >= 15 is 0 Å². The van der Waals surface area contributed by atoms with E-state index in [-0.39, 0.29) is 16.5 Å². The molecule has 7 heteroatoms. The van der Waals surface area contributed by atoms with Crippen molar-refractivity contribution in [1.29, 1.82) is 0 Å². The molecule has 1 rings (SSSR count). The number of rotatable bonds is 2. The fourth-order valence-electron chi connectivity index (χ4n) is 0.817. The van der Waals surface area contributed by atoms with Gasteiger partial charge in [-0.1, -0.05) is 0 Å². The zero-order valence-electron chi connectivity index (χ0n) is 6.86. The maximum Gasteiger partial charge on any atom is 0.221 e. The summed E-state index contributed by atoms with van der Waals surface area (Å²) in [6, 6.07) is 0. The van der Waals surface area contributed by atoms with Crippen LogP contribution in [0.1, 0.15) is 5.56 Å². The Morgan fingerprint density at radius 2 is 2.23 bits per heavy atom. The molecule has 1 heterocycles. The lowest BCUT2D eigenvalue weighted by atomic mass is 10.4. The summed E-state index contributed by atoms with van der Waals surface area (Å²) in [7, 11) is -3.54. The van der Waals surface area contributed by atoms with Crippen LogP contribution in [0.2, 0.25) is 0 Å². The van der Waals surface area contributed by atoms with Crippen LogP contribution in [0.3, 0.4) is 0 Å². The number of hydrogen-bond acceptors (Lipinski definition) is 5. The third kappa shape index (κ3) is 2.11. The van der Waals surface area contributed by atoms with Crippen molar-refractivity contribution in [3.63, 3.8) is 0 Å². The molecular formula is C6H8FN3O2S. The summed E-state index contributed by atoms with van der Waals surface area (Å²) >= 11 is 0. The molecule has 0 saturated carbocycles. The van der Waals surface area contributed by atoms with Crippen LogP contribution in [-0.2, 0) is 16.5 Å². The van der Waals surface area contributed by atoms with Gasteiger partial charge >= 0.3 is 0 Å². The first-order valence-electron chi connectivity index (χ1n) is 3.32. The molecule has 0 bridgehead atoms. The molecule has 5 nitrogen and oxygen atoms in total. The first kappa shape index (κ1) is 9.85. The van der Waals surface area contributed by atoms with Gasteiger partial charge in [-0.15, -0.1) is 0 Å². The zero-order valence-corrected chi connectivity index (χ0v) is 7.68. The van der Waals surface area contributed by atoms with Gasteiger partial charge in [-0.05, 0) is 0 Å². The van der Waals surface area contributed by atoms with Gasteiger partial charge in [0.05, 0.1) is 0 Å². The third-order valence-electron chi connectivity index (χ3n) is 1.34. The van der Waals surface area contributed by atoms with Gasteiger partial charge in [0.15, 0.2) is 14.9 Å². The van der Waals surface area contributed by atoms with Crippen LogP contribution >= 0.6 is 0 Å². The minimum Gasteiger partial charge on any atom is -0.368 e. The fraction of sp³-hybridized carbons (Fsp3) is 0.333. The normalized spacial score (nSPS) is 11.5. The van der Waals surface area contributed by atoms with Crippen molar-refractivity contribution in [3.05, 3.63) is 11.8 Å². The van der Waals surface area contributed by atoms with Crippen LogP contribution in [0.15, 0.2) is 11.2 Å². The molecule has 0 aliphatic heterocycles. The van der Waals surface area contributed by atoms with E-state index in [4.69, 9.17) is 5.73 Å². The molecule has 0 radical (unpaired) electrons. The largest absolute Gasteiger partial charge is 0.368 e. The highest BCUT2D eigenvalue weighted by molar-refractivity contribution is 7.90. The predicted octanol–water partition coefficient (Wildman–Crippen LogP) is -0.0682. The molecule has 0 fully saturated rings. The topological polar surface area (TPSA) is 85.9 Å². The zero-order chi connectivity index (χ0) is 10.1. The van der Waals surface area contributed by atoms with Crippen molar-refractivity contribution in [2.24, 2.45) is 0 Å². The predicted molar refractivity (Wildman–Crippen MR) is 44.4 cm³/mol. The lowest BCUT2D eigenvalue weighted by Gasteiger charge is -2.02. The second-order valence-electron chi connectivity index (χ2n) is 2.46. The molecule has 1 aromatic rings. The SMILES string of the molecule is CS(=O)(=O)c1nc(N)ncc1CF. The van der Waals surface area contributed by atoms with Gasteiger partial charge in [-0.25, -0.2) is 22.8 Å². The molecule has 0 saturated heterocycles. The van der Waals surface area contributed by atoms with Crippen molar-refractivity contribution in [3.8, 4) is 0 Å². The van der Waals surface area contributed by atoms with E-state index in [1.54, 1.807) is 0 Å². The van der Waals surface area contributed by atoms with Crippen molar-refractivity contribution in [2.75, 3.05) is 12.0 Å². The van der Waals surface area contributed by atoms with E-state index in [0.29, 0.717) is 0 Å². The summed E-state index contributed by atoms with van der Waals surface area (Å²) in [5, 5.41) is -0.345. The molecule has 2 N–H and O–H groups in total. The number of sulfone groups is 1. The van der Waals surface area contributed by atoms with Gasteiger partial charge in [-0.3, -0.25) is 0 Å². The fourth-order valence-corrected chi connectivity index (χ4v) is 1.66. The van der Waals surface area contributed by atoms with Crippen LogP contribution < -0.4 is 5.73 Å². The highest BCUT2D eigenvalue weighted by Crippen LogP contribution is 2.13. The van der Waals surface area contributed by atoms with E-state index in [1.807, 2.05) is 0 Å². The maximum atomic E-state index is 12.3.